The molecule has 0 radical (unpaired) electrons. The molecule has 0 bridgehead atoms. The molecule has 2 aromatic rings. The van der Waals surface area contributed by atoms with Crippen LogP contribution in [0.1, 0.15) is 43.9 Å². The van der Waals surface area contributed by atoms with Gasteiger partial charge in [0.25, 0.3) is 0 Å². The molecular formula is C23H30N4O2. The molecule has 3 rings (SSSR count). The summed E-state index contributed by atoms with van der Waals surface area (Å²) in [6, 6.07) is 14.6. The first-order chi connectivity index (χ1) is 14.0. The molecule has 0 saturated carbocycles. The SMILES string of the molecule is CC(C)C(N)C(=O)C1CCC(C(=O)NCC(c2ccccc2)c2ccccn2)N1. The fourth-order valence-corrected chi connectivity index (χ4v) is 3.72. The van der Waals surface area contributed by atoms with Gasteiger partial charge in [0.15, 0.2) is 5.78 Å². The number of carbonyl (C=O) groups excluding carboxylic acids is 2. The predicted molar refractivity (Wildman–Crippen MR) is 113 cm³/mol. The van der Waals surface area contributed by atoms with Crippen LogP contribution in [0, 0.1) is 5.92 Å². The third kappa shape index (κ3) is 5.28. The summed E-state index contributed by atoms with van der Waals surface area (Å²) in [6.45, 7) is 4.31. The molecule has 1 aliphatic rings. The van der Waals surface area contributed by atoms with Crippen molar-refractivity contribution in [2.24, 2.45) is 11.7 Å². The lowest BCUT2D eigenvalue weighted by molar-refractivity contribution is -0.124. The smallest absolute Gasteiger partial charge is 0.237 e. The van der Waals surface area contributed by atoms with Crippen LogP contribution in [-0.2, 0) is 9.59 Å². The van der Waals surface area contributed by atoms with E-state index in [1.54, 1.807) is 6.20 Å². The second kappa shape index (κ2) is 9.76. The number of amides is 1. The van der Waals surface area contributed by atoms with E-state index < -0.39 is 6.04 Å². The van der Waals surface area contributed by atoms with Crippen molar-refractivity contribution >= 4 is 11.7 Å². The summed E-state index contributed by atoms with van der Waals surface area (Å²) < 4.78 is 0. The maximum absolute atomic E-state index is 12.7. The van der Waals surface area contributed by atoms with Crippen molar-refractivity contribution in [2.75, 3.05) is 6.54 Å². The minimum absolute atomic E-state index is 0.00838. The van der Waals surface area contributed by atoms with Crippen molar-refractivity contribution < 1.29 is 9.59 Å². The molecule has 4 atom stereocenters. The molecule has 1 saturated heterocycles. The third-order valence-electron chi connectivity index (χ3n) is 5.58. The van der Waals surface area contributed by atoms with Gasteiger partial charge in [-0.15, -0.1) is 0 Å². The van der Waals surface area contributed by atoms with Crippen LogP contribution in [-0.4, -0.2) is 41.3 Å². The third-order valence-corrected chi connectivity index (χ3v) is 5.58. The number of benzene rings is 1. The Kier molecular flexibility index (Phi) is 7.12. The van der Waals surface area contributed by atoms with Crippen LogP contribution in [0.25, 0.3) is 0 Å². The molecule has 1 aromatic heterocycles. The predicted octanol–water partition coefficient (Wildman–Crippen LogP) is 2.00. The van der Waals surface area contributed by atoms with E-state index in [-0.39, 0.29) is 35.6 Å². The second-order valence-electron chi connectivity index (χ2n) is 7.98. The molecule has 6 heteroatoms. The van der Waals surface area contributed by atoms with Gasteiger partial charge in [-0.25, -0.2) is 0 Å². The topological polar surface area (TPSA) is 97.1 Å². The highest BCUT2D eigenvalue weighted by Crippen LogP contribution is 2.22. The Balaban J connectivity index is 1.62. The zero-order valence-electron chi connectivity index (χ0n) is 17.0. The van der Waals surface area contributed by atoms with E-state index >= 15 is 0 Å². The minimum Gasteiger partial charge on any atom is -0.354 e. The number of hydrogen-bond donors (Lipinski definition) is 3. The van der Waals surface area contributed by atoms with Crippen molar-refractivity contribution in [3.05, 3.63) is 66.0 Å². The van der Waals surface area contributed by atoms with Gasteiger partial charge in [0.05, 0.1) is 18.1 Å². The van der Waals surface area contributed by atoms with Gasteiger partial charge >= 0.3 is 0 Å². The number of nitrogens with two attached hydrogens (primary N) is 1. The maximum Gasteiger partial charge on any atom is 0.237 e. The summed E-state index contributed by atoms with van der Waals surface area (Å²) in [5, 5.41) is 6.22. The van der Waals surface area contributed by atoms with Crippen LogP contribution in [0.15, 0.2) is 54.7 Å². The number of nitrogens with zero attached hydrogens (tertiary/aromatic N) is 1. The molecule has 1 aromatic carbocycles. The number of nitrogens with one attached hydrogen (secondary N) is 2. The first kappa shape index (κ1) is 21.1. The van der Waals surface area contributed by atoms with Gasteiger partial charge < -0.3 is 11.1 Å². The quantitative estimate of drug-likeness (QED) is 0.636. The molecule has 0 spiro atoms. The normalized spacial score (nSPS) is 21.0. The maximum atomic E-state index is 12.7. The van der Waals surface area contributed by atoms with E-state index in [2.05, 4.69) is 15.6 Å². The zero-order valence-corrected chi connectivity index (χ0v) is 17.0. The second-order valence-corrected chi connectivity index (χ2v) is 7.98. The molecular weight excluding hydrogens is 364 g/mol. The monoisotopic (exact) mass is 394 g/mol. The highest BCUT2D eigenvalue weighted by Gasteiger charge is 2.35. The number of pyridine rings is 1. The van der Waals surface area contributed by atoms with Gasteiger partial charge in [-0.05, 0) is 36.5 Å². The Morgan fingerprint density at radius 2 is 1.79 bits per heavy atom. The molecule has 1 fully saturated rings. The first-order valence-electron chi connectivity index (χ1n) is 10.3. The molecule has 2 heterocycles. The highest BCUT2D eigenvalue weighted by atomic mass is 16.2. The minimum atomic E-state index is -0.499. The van der Waals surface area contributed by atoms with Gasteiger partial charge in [0, 0.05) is 24.4 Å². The lowest BCUT2D eigenvalue weighted by Crippen LogP contribution is -2.50. The molecule has 0 aliphatic carbocycles. The average molecular weight is 395 g/mol. The highest BCUT2D eigenvalue weighted by molar-refractivity contribution is 5.91. The van der Waals surface area contributed by atoms with E-state index in [9.17, 15) is 9.59 Å². The van der Waals surface area contributed by atoms with Crippen LogP contribution in [0.5, 0.6) is 0 Å². The van der Waals surface area contributed by atoms with Crippen molar-refractivity contribution in [3.8, 4) is 0 Å². The Hall–Kier alpha value is -2.57. The summed E-state index contributed by atoms with van der Waals surface area (Å²) in [4.78, 5) is 29.7. The molecule has 154 valence electrons. The van der Waals surface area contributed by atoms with Crippen LogP contribution < -0.4 is 16.4 Å². The number of Topliss-reactive ketones (excluding diaryl/α,β-unsaturated/α-hetero) is 1. The van der Waals surface area contributed by atoms with E-state index in [0.29, 0.717) is 19.4 Å². The largest absolute Gasteiger partial charge is 0.354 e. The van der Waals surface area contributed by atoms with Crippen LogP contribution in [0.3, 0.4) is 0 Å². The van der Waals surface area contributed by atoms with Crippen molar-refractivity contribution in [1.29, 1.82) is 0 Å². The molecule has 4 unspecified atom stereocenters. The van der Waals surface area contributed by atoms with Crippen molar-refractivity contribution in [3.63, 3.8) is 0 Å². The molecule has 1 aliphatic heterocycles. The molecule has 29 heavy (non-hydrogen) atoms. The summed E-state index contributed by atoms with van der Waals surface area (Å²) >= 11 is 0. The lowest BCUT2D eigenvalue weighted by Gasteiger charge is -2.21. The Morgan fingerprint density at radius 1 is 1.10 bits per heavy atom. The van der Waals surface area contributed by atoms with Gasteiger partial charge in [-0.1, -0.05) is 50.2 Å². The van der Waals surface area contributed by atoms with Crippen LogP contribution >= 0.6 is 0 Å². The van der Waals surface area contributed by atoms with Crippen LogP contribution in [0.4, 0.5) is 0 Å². The van der Waals surface area contributed by atoms with E-state index in [0.717, 1.165) is 11.3 Å². The summed E-state index contributed by atoms with van der Waals surface area (Å²) in [5.41, 5.74) is 8.00. The van der Waals surface area contributed by atoms with Crippen molar-refractivity contribution in [2.45, 2.75) is 50.7 Å². The summed E-state index contributed by atoms with van der Waals surface area (Å²) in [6.07, 6.45) is 3.03. The van der Waals surface area contributed by atoms with E-state index in [1.807, 2.05) is 62.4 Å². The number of rotatable bonds is 8. The Bertz CT molecular complexity index is 771. The Labute approximate surface area is 172 Å². The fourth-order valence-electron chi connectivity index (χ4n) is 3.72. The molecule has 1 amide bonds. The summed E-state index contributed by atoms with van der Waals surface area (Å²) in [5.74, 6) is -0.0436. The first-order valence-corrected chi connectivity index (χ1v) is 10.3. The molecule has 6 nitrogen and oxygen atoms in total. The van der Waals surface area contributed by atoms with Gasteiger partial charge in [-0.2, -0.15) is 0 Å². The average Bonchev–Trinajstić information content (AvgIpc) is 3.24. The van der Waals surface area contributed by atoms with E-state index in [1.165, 1.54) is 0 Å². The number of aromatic nitrogens is 1. The number of hydrogen-bond acceptors (Lipinski definition) is 5. The van der Waals surface area contributed by atoms with E-state index in [4.69, 9.17) is 5.73 Å². The number of ketones is 1. The lowest BCUT2D eigenvalue weighted by atomic mass is 9.95. The van der Waals surface area contributed by atoms with Gasteiger partial charge in [0.1, 0.15) is 0 Å². The van der Waals surface area contributed by atoms with Crippen molar-refractivity contribution in [1.82, 2.24) is 15.6 Å². The van der Waals surface area contributed by atoms with Gasteiger partial charge in [-0.3, -0.25) is 19.9 Å². The Morgan fingerprint density at radius 3 is 2.45 bits per heavy atom. The fraction of sp³-hybridized carbons (Fsp3) is 0.435. The zero-order chi connectivity index (χ0) is 20.8. The van der Waals surface area contributed by atoms with Crippen LogP contribution in [0.2, 0.25) is 0 Å². The molecule has 4 N–H and O–H groups in total. The number of carbonyl (C=O) groups is 2. The standard InChI is InChI=1S/C23H30N4O2/c1-15(2)21(24)22(28)19-11-12-20(27-19)23(29)26-14-17(16-8-4-3-5-9-16)18-10-6-7-13-25-18/h3-10,13,15,17,19-21,27H,11-12,14,24H2,1-2H3,(H,26,29). The van der Waals surface area contributed by atoms with Gasteiger partial charge in [0.2, 0.25) is 5.91 Å². The summed E-state index contributed by atoms with van der Waals surface area (Å²) in [7, 11) is 0.